The number of esters is 4. The predicted molar refractivity (Wildman–Crippen MR) is 74.2 cm³/mol. The van der Waals surface area contributed by atoms with Gasteiger partial charge in [0.1, 0.15) is 12.7 Å². The molecule has 1 saturated heterocycles. The molecule has 0 spiro atoms. The van der Waals surface area contributed by atoms with E-state index < -0.39 is 88.8 Å². The lowest BCUT2D eigenvalue weighted by atomic mass is 9.98. The monoisotopic (exact) mass is 352 g/mol. The van der Waals surface area contributed by atoms with Gasteiger partial charge in [-0.25, -0.2) is 0 Å². The molecule has 1 aliphatic rings. The van der Waals surface area contributed by atoms with Gasteiger partial charge in [-0.05, 0) is 0 Å². The zero-order chi connectivity index (χ0) is 21.3. The maximum Gasteiger partial charge on any atom is 0.305 e. The summed E-state index contributed by atoms with van der Waals surface area (Å²) in [6, 6.07) is 0. The molecule has 1 heterocycles. The molecule has 0 aromatic carbocycles. The van der Waals surface area contributed by atoms with E-state index in [4.69, 9.17) is 29.2 Å². The zero-order valence-corrected chi connectivity index (χ0v) is 12.5. The average Bonchev–Trinajstić information content (AvgIpc) is 2.70. The van der Waals surface area contributed by atoms with Gasteiger partial charge in [0.25, 0.3) is 0 Å². The highest BCUT2D eigenvalue weighted by Crippen LogP contribution is 2.27. The average molecular weight is 352 g/mol. The van der Waals surface area contributed by atoms with E-state index in [1.54, 1.807) is 0 Å². The van der Waals surface area contributed by atoms with E-state index >= 15 is 0 Å². The molecule has 0 aromatic rings. The van der Waals surface area contributed by atoms with Crippen LogP contribution in [0.3, 0.4) is 0 Å². The fourth-order valence-electron chi connectivity index (χ4n) is 2.01. The second kappa shape index (κ2) is 8.60. The summed E-state index contributed by atoms with van der Waals surface area (Å²) in [5, 5.41) is 10.3. The highest BCUT2D eigenvalue weighted by atomic mass is 16.7. The van der Waals surface area contributed by atoms with Crippen molar-refractivity contribution < 1.29 is 53.5 Å². The molecule has 136 valence electrons. The van der Waals surface area contributed by atoms with Gasteiger partial charge in [0, 0.05) is 33.1 Å². The minimum absolute atomic E-state index is 0.621. The van der Waals surface area contributed by atoms with Crippen LogP contribution in [0.25, 0.3) is 0 Å². The van der Waals surface area contributed by atoms with E-state index in [1.807, 2.05) is 0 Å². The van der Waals surface area contributed by atoms with Crippen LogP contribution in [0.1, 0.15) is 33.1 Å². The fourth-order valence-corrected chi connectivity index (χ4v) is 2.01. The number of aliphatic hydroxyl groups is 1. The van der Waals surface area contributed by atoms with E-state index in [0.717, 1.165) is 0 Å². The number of hydrogen-bond acceptors (Lipinski definition) is 10. The van der Waals surface area contributed by atoms with Crippen LogP contribution in [0.4, 0.5) is 0 Å². The predicted octanol–water partition coefficient (Wildman–Crippen LogP) is -0.938. The SMILES string of the molecule is [2H]CC(=O)OC[C@H]1OC(OC(=O)C[2H])[C@H](O)[C@@H](OC(=O)C[2H])[C@@H]1OC(=O)C[2H]. The molecule has 10 heteroatoms. The normalized spacial score (nSPS) is 31.5. The van der Waals surface area contributed by atoms with Gasteiger partial charge in [0.05, 0.1) is 0 Å². The Hall–Kier alpha value is -2.20. The highest BCUT2D eigenvalue weighted by Gasteiger charge is 2.51. The second-order valence-corrected chi connectivity index (χ2v) is 4.62. The lowest BCUT2D eigenvalue weighted by molar-refractivity contribution is -0.297. The molecule has 0 radical (unpaired) electrons. The molecule has 1 N–H and O–H groups in total. The van der Waals surface area contributed by atoms with Crippen molar-refractivity contribution in [2.45, 2.75) is 58.3 Å². The molecule has 1 aliphatic heterocycles. The van der Waals surface area contributed by atoms with Crippen LogP contribution in [0.5, 0.6) is 0 Å². The first-order chi connectivity index (χ1) is 13.3. The third kappa shape index (κ3) is 5.78. The van der Waals surface area contributed by atoms with E-state index in [-0.39, 0.29) is 0 Å². The molecule has 1 rings (SSSR count). The third-order valence-electron chi connectivity index (χ3n) is 2.81. The lowest BCUT2D eigenvalue weighted by Crippen LogP contribution is -2.62. The van der Waals surface area contributed by atoms with Crippen molar-refractivity contribution in [1.82, 2.24) is 0 Å². The fraction of sp³-hybridized carbons (Fsp3) is 0.714. The molecule has 0 bridgehead atoms. The van der Waals surface area contributed by atoms with Gasteiger partial charge in [0.15, 0.2) is 18.3 Å². The van der Waals surface area contributed by atoms with E-state index in [2.05, 4.69) is 0 Å². The van der Waals surface area contributed by atoms with Gasteiger partial charge in [-0.3, -0.25) is 19.2 Å². The third-order valence-corrected chi connectivity index (χ3v) is 2.81. The minimum atomic E-state index is -1.86. The Labute approximate surface area is 143 Å². The quantitative estimate of drug-likeness (QED) is 0.488. The van der Waals surface area contributed by atoms with E-state index in [9.17, 15) is 24.3 Å². The number of aliphatic hydroxyl groups excluding tert-OH is 1. The summed E-state index contributed by atoms with van der Waals surface area (Å²) in [5.74, 6) is -4.23. The minimum Gasteiger partial charge on any atom is -0.463 e. The van der Waals surface area contributed by atoms with Gasteiger partial charge in [-0.15, -0.1) is 0 Å². The first kappa shape index (κ1) is 14.2. The van der Waals surface area contributed by atoms with Crippen LogP contribution in [0, 0.1) is 0 Å². The van der Waals surface area contributed by atoms with E-state index in [0.29, 0.717) is 0 Å². The molecule has 1 unspecified atom stereocenters. The summed E-state index contributed by atoms with van der Waals surface area (Å²) in [6.07, 6.45) is -8.26. The van der Waals surface area contributed by atoms with Gasteiger partial charge >= 0.3 is 23.9 Å². The van der Waals surface area contributed by atoms with Crippen LogP contribution in [-0.2, 0) is 42.9 Å². The molecule has 0 amide bonds. The van der Waals surface area contributed by atoms with Crippen molar-refractivity contribution in [3.63, 3.8) is 0 Å². The summed E-state index contributed by atoms with van der Waals surface area (Å²) >= 11 is 0. The Morgan fingerprint density at radius 1 is 0.917 bits per heavy atom. The van der Waals surface area contributed by atoms with Crippen LogP contribution >= 0.6 is 0 Å². The van der Waals surface area contributed by atoms with Crippen molar-refractivity contribution in [2.75, 3.05) is 6.61 Å². The summed E-state index contributed by atoms with van der Waals surface area (Å²) in [4.78, 5) is 45.7. The number of carbonyl (C=O) groups excluding carboxylic acids is 4. The number of carbonyl (C=O) groups is 4. The van der Waals surface area contributed by atoms with Crippen LogP contribution in [0.15, 0.2) is 0 Å². The molecule has 0 aliphatic carbocycles. The van der Waals surface area contributed by atoms with E-state index in [1.165, 1.54) is 0 Å². The van der Waals surface area contributed by atoms with Crippen LogP contribution in [-0.4, -0.2) is 66.3 Å². The standard InChI is InChI=1S/C14H20O10/c1-6(15)20-5-10-12(21-7(2)16)13(22-8(3)17)11(19)14(24-10)23-9(4)18/h10-14,19H,5H2,1-4H3/t10-,11-,12-,13-,14?/m1/s1/i1D,2D,3D,4D. The highest BCUT2D eigenvalue weighted by molar-refractivity contribution is 5.68. The van der Waals surface area contributed by atoms with Crippen molar-refractivity contribution in [2.24, 2.45) is 0 Å². The second-order valence-electron chi connectivity index (χ2n) is 4.62. The van der Waals surface area contributed by atoms with Crippen molar-refractivity contribution in [3.05, 3.63) is 0 Å². The summed E-state index contributed by atoms with van der Waals surface area (Å²) in [5.41, 5.74) is 0. The number of ether oxygens (including phenoxy) is 5. The number of hydrogen-bond donors (Lipinski definition) is 1. The Bertz CT molecular complexity index is 556. The Balaban J connectivity index is 3.14. The zero-order valence-electron chi connectivity index (χ0n) is 16.5. The molecular formula is C14H20O10. The van der Waals surface area contributed by atoms with Gasteiger partial charge in [-0.1, -0.05) is 0 Å². The molecule has 24 heavy (non-hydrogen) atoms. The first-order valence-corrected chi connectivity index (χ1v) is 6.51. The summed E-state index contributed by atoms with van der Waals surface area (Å²) in [7, 11) is 0. The first-order valence-electron chi connectivity index (χ1n) is 9.34. The van der Waals surface area contributed by atoms with Crippen molar-refractivity contribution >= 4 is 23.9 Å². The molecule has 0 saturated carbocycles. The Morgan fingerprint density at radius 3 is 2.04 bits per heavy atom. The maximum atomic E-state index is 11.6. The topological polar surface area (TPSA) is 135 Å². The smallest absolute Gasteiger partial charge is 0.305 e. The molecule has 1 fully saturated rings. The molecule has 5 atom stereocenters. The Kier molecular flexibility index (Phi) is 5.07. The Morgan fingerprint density at radius 2 is 1.46 bits per heavy atom. The van der Waals surface area contributed by atoms with Gasteiger partial charge in [-0.2, -0.15) is 0 Å². The van der Waals surface area contributed by atoms with Gasteiger partial charge in [0.2, 0.25) is 6.29 Å². The van der Waals surface area contributed by atoms with Crippen molar-refractivity contribution in [1.29, 1.82) is 0 Å². The largest absolute Gasteiger partial charge is 0.463 e. The van der Waals surface area contributed by atoms with Crippen molar-refractivity contribution in [3.8, 4) is 0 Å². The molecule has 0 aromatic heterocycles. The molecule has 10 nitrogen and oxygen atoms in total. The number of rotatable bonds is 5. The van der Waals surface area contributed by atoms with Gasteiger partial charge < -0.3 is 28.8 Å². The van der Waals surface area contributed by atoms with Crippen LogP contribution in [0.2, 0.25) is 0 Å². The summed E-state index contributed by atoms with van der Waals surface area (Å²) in [6.45, 7) is -3.80. The van der Waals surface area contributed by atoms with Crippen LogP contribution < -0.4 is 0 Å². The maximum absolute atomic E-state index is 11.6. The molecular weight excluding hydrogens is 328 g/mol. The summed E-state index contributed by atoms with van der Waals surface area (Å²) < 4.78 is 52.6. The lowest BCUT2D eigenvalue weighted by Gasteiger charge is -2.42.